The molecule has 96 valence electrons. The number of nitrogens with zero attached hydrogens (tertiary/aromatic N) is 3. The molecule has 19 heavy (non-hydrogen) atoms. The molecule has 0 radical (unpaired) electrons. The first-order valence-corrected chi connectivity index (χ1v) is 5.56. The van der Waals surface area contributed by atoms with Crippen molar-refractivity contribution < 1.29 is 4.92 Å². The number of anilines is 1. The van der Waals surface area contributed by atoms with Crippen LogP contribution in [0.2, 0.25) is 0 Å². The number of nitrogens with one attached hydrogen (secondary N) is 1. The number of rotatable bonds is 5. The number of hydrogen-bond acceptors (Lipinski definition) is 5. The minimum absolute atomic E-state index is 0.0222. The molecule has 0 bridgehead atoms. The van der Waals surface area contributed by atoms with Crippen LogP contribution in [0.3, 0.4) is 0 Å². The molecule has 1 aromatic rings. The first-order valence-electron chi connectivity index (χ1n) is 5.56. The van der Waals surface area contributed by atoms with Crippen LogP contribution in [0.5, 0.6) is 0 Å². The van der Waals surface area contributed by atoms with Crippen LogP contribution in [0.4, 0.5) is 5.69 Å². The van der Waals surface area contributed by atoms with Gasteiger partial charge in [0.2, 0.25) is 6.04 Å². The van der Waals surface area contributed by atoms with E-state index in [0.717, 1.165) is 5.56 Å². The third-order valence-corrected chi connectivity index (χ3v) is 2.47. The predicted molar refractivity (Wildman–Crippen MR) is 69.5 cm³/mol. The zero-order chi connectivity index (χ0) is 14.3. The summed E-state index contributed by atoms with van der Waals surface area (Å²) in [6.45, 7) is 1.56. The molecule has 0 saturated carbocycles. The van der Waals surface area contributed by atoms with Gasteiger partial charge in [0.05, 0.1) is 0 Å². The van der Waals surface area contributed by atoms with Crippen molar-refractivity contribution in [2.24, 2.45) is 0 Å². The average Bonchev–Trinajstić information content (AvgIpc) is 2.41. The minimum atomic E-state index is -0.623. The molecule has 1 aromatic carbocycles. The normalized spacial score (nSPS) is 10.7. The number of nitro groups is 1. The number of nitriles is 2. The molecule has 6 heteroatoms. The standard InChI is InChI=1S/C13H12N4O2/c1-10(17(18)19)6-11-2-4-13(5-3-11)16-9-12(7-14)8-15/h2-5,9-10,16H,6H2,1H3. The van der Waals surface area contributed by atoms with Crippen LogP contribution in [0.1, 0.15) is 12.5 Å². The van der Waals surface area contributed by atoms with Gasteiger partial charge in [0.1, 0.15) is 17.7 Å². The van der Waals surface area contributed by atoms with Crippen molar-refractivity contribution in [2.45, 2.75) is 19.4 Å². The van der Waals surface area contributed by atoms with E-state index in [0.29, 0.717) is 12.1 Å². The van der Waals surface area contributed by atoms with E-state index in [-0.39, 0.29) is 10.5 Å². The van der Waals surface area contributed by atoms with E-state index >= 15 is 0 Å². The van der Waals surface area contributed by atoms with Gasteiger partial charge in [-0.3, -0.25) is 10.1 Å². The Labute approximate surface area is 110 Å². The van der Waals surface area contributed by atoms with Crippen LogP contribution in [0, 0.1) is 32.8 Å². The molecule has 1 rings (SSSR count). The van der Waals surface area contributed by atoms with E-state index in [2.05, 4.69) is 5.32 Å². The lowest BCUT2D eigenvalue weighted by atomic mass is 10.1. The molecule has 0 aliphatic heterocycles. The quantitative estimate of drug-likeness (QED) is 0.494. The predicted octanol–water partition coefficient (Wildman–Crippen LogP) is 2.24. The Morgan fingerprint density at radius 2 is 2.00 bits per heavy atom. The van der Waals surface area contributed by atoms with Gasteiger partial charge >= 0.3 is 0 Å². The molecule has 0 aliphatic carbocycles. The maximum atomic E-state index is 10.5. The second-order valence-electron chi connectivity index (χ2n) is 3.96. The van der Waals surface area contributed by atoms with E-state index in [4.69, 9.17) is 10.5 Å². The molecule has 6 nitrogen and oxygen atoms in total. The van der Waals surface area contributed by atoms with Crippen LogP contribution in [-0.2, 0) is 6.42 Å². The van der Waals surface area contributed by atoms with Gasteiger partial charge in [-0.15, -0.1) is 0 Å². The molecule has 0 fully saturated rings. The number of benzene rings is 1. The fraction of sp³-hybridized carbons (Fsp3) is 0.231. The molecule has 1 unspecified atom stereocenters. The molecule has 0 heterocycles. The van der Waals surface area contributed by atoms with Crippen LogP contribution in [-0.4, -0.2) is 11.0 Å². The van der Waals surface area contributed by atoms with Gasteiger partial charge in [-0.05, 0) is 17.7 Å². The van der Waals surface area contributed by atoms with Crippen molar-refractivity contribution in [3.63, 3.8) is 0 Å². The van der Waals surface area contributed by atoms with Gasteiger partial charge in [0.25, 0.3) is 0 Å². The summed E-state index contributed by atoms with van der Waals surface area (Å²) in [6.07, 6.45) is 1.68. The fourth-order valence-corrected chi connectivity index (χ4v) is 1.40. The van der Waals surface area contributed by atoms with Crippen molar-refractivity contribution in [3.05, 3.63) is 51.7 Å². The maximum Gasteiger partial charge on any atom is 0.214 e. The summed E-state index contributed by atoms with van der Waals surface area (Å²) in [5.74, 6) is 0. The summed E-state index contributed by atoms with van der Waals surface area (Å²) < 4.78 is 0. The smallest absolute Gasteiger partial charge is 0.214 e. The Bertz CT molecular complexity index is 548. The number of allylic oxidation sites excluding steroid dienone is 1. The molecule has 0 spiro atoms. The Morgan fingerprint density at radius 1 is 1.42 bits per heavy atom. The molecule has 1 atom stereocenters. The molecule has 0 saturated heterocycles. The second-order valence-corrected chi connectivity index (χ2v) is 3.96. The van der Waals surface area contributed by atoms with Crippen molar-refractivity contribution in [1.29, 1.82) is 10.5 Å². The summed E-state index contributed by atoms with van der Waals surface area (Å²) in [5.41, 5.74) is 1.55. The van der Waals surface area contributed by atoms with Crippen molar-refractivity contribution >= 4 is 5.69 Å². The zero-order valence-electron chi connectivity index (χ0n) is 10.3. The van der Waals surface area contributed by atoms with Gasteiger partial charge in [-0.1, -0.05) is 12.1 Å². The van der Waals surface area contributed by atoms with Crippen LogP contribution >= 0.6 is 0 Å². The van der Waals surface area contributed by atoms with Crippen LogP contribution in [0.25, 0.3) is 0 Å². The van der Waals surface area contributed by atoms with Gasteiger partial charge in [-0.2, -0.15) is 10.5 Å². The summed E-state index contributed by atoms with van der Waals surface area (Å²) in [7, 11) is 0. The third kappa shape index (κ3) is 4.49. The second kappa shape index (κ2) is 6.77. The lowest BCUT2D eigenvalue weighted by Gasteiger charge is -2.05. The Kier molecular flexibility index (Phi) is 5.06. The van der Waals surface area contributed by atoms with Crippen molar-refractivity contribution in [3.8, 4) is 12.1 Å². The summed E-state index contributed by atoms with van der Waals surface area (Å²) in [4.78, 5) is 10.2. The fourth-order valence-electron chi connectivity index (χ4n) is 1.40. The lowest BCUT2D eigenvalue weighted by molar-refractivity contribution is -0.517. The highest BCUT2D eigenvalue weighted by atomic mass is 16.6. The first-order chi connectivity index (χ1) is 9.06. The average molecular weight is 256 g/mol. The van der Waals surface area contributed by atoms with Crippen molar-refractivity contribution in [2.75, 3.05) is 5.32 Å². The van der Waals surface area contributed by atoms with Crippen LogP contribution in [0.15, 0.2) is 36.0 Å². The first kappa shape index (κ1) is 14.2. The van der Waals surface area contributed by atoms with E-state index in [1.54, 1.807) is 43.3 Å². The summed E-state index contributed by atoms with van der Waals surface area (Å²) >= 11 is 0. The molecular weight excluding hydrogens is 244 g/mol. The summed E-state index contributed by atoms with van der Waals surface area (Å²) in [5, 5.41) is 30.5. The Morgan fingerprint density at radius 3 is 2.47 bits per heavy atom. The van der Waals surface area contributed by atoms with Gasteiger partial charge < -0.3 is 5.32 Å². The maximum absolute atomic E-state index is 10.5. The SMILES string of the molecule is CC(Cc1ccc(NC=C(C#N)C#N)cc1)[N+](=O)[O-]. The molecule has 0 aromatic heterocycles. The highest BCUT2D eigenvalue weighted by Gasteiger charge is 2.12. The van der Waals surface area contributed by atoms with E-state index in [9.17, 15) is 10.1 Å². The Hall–Kier alpha value is -2.86. The molecule has 1 N–H and O–H groups in total. The zero-order valence-corrected chi connectivity index (χ0v) is 10.3. The lowest BCUT2D eigenvalue weighted by Crippen LogP contribution is -2.17. The van der Waals surface area contributed by atoms with E-state index in [1.807, 2.05) is 0 Å². The van der Waals surface area contributed by atoms with Gasteiger partial charge in [0, 0.05) is 30.2 Å². The van der Waals surface area contributed by atoms with Gasteiger partial charge in [-0.25, -0.2) is 0 Å². The largest absolute Gasteiger partial charge is 0.360 e. The van der Waals surface area contributed by atoms with Crippen molar-refractivity contribution in [1.82, 2.24) is 0 Å². The monoisotopic (exact) mass is 256 g/mol. The third-order valence-electron chi connectivity index (χ3n) is 2.47. The van der Waals surface area contributed by atoms with Crippen LogP contribution < -0.4 is 5.32 Å². The van der Waals surface area contributed by atoms with Gasteiger partial charge in [0.15, 0.2) is 0 Å². The molecular formula is C13H12N4O2. The minimum Gasteiger partial charge on any atom is -0.360 e. The summed E-state index contributed by atoms with van der Waals surface area (Å²) in [6, 6.07) is 9.87. The topological polar surface area (TPSA) is 103 Å². The number of hydrogen-bond donors (Lipinski definition) is 1. The highest BCUT2D eigenvalue weighted by Crippen LogP contribution is 2.12. The molecule has 0 aliphatic rings. The van der Waals surface area contributed by atoms with E-state index in [1.165, 1.54) is 6.20 Å². The highest BCUT2D eigenvalue weighted by molar-refractivity contribution is 5.50. The Balaban J connectivity index is 2.68. The van der Waals surface area contributed by atoms with E-state index < -0.39 is 6.04 Å². The molecule has 0 amide bonds.